The van der Waals surface area contributed by atoms with Crippen molar-refractivity contribution in [1.29, 1.82) is 5.26 Å². The summed E-state index contributed by atoms with van der Waals surface area (Å²) in [4.78, 5) is 4.81. The molecule has 7 heteroatoms. The molecule has 0 radical (unpaired) electrons. The van der Waals surface area contributed by atoms with Gasteiger partial charge in [-0.2, -0.15) is 18.4 Å². The first-order chi connectivity index (χ1) is 13.8. The van der Waals surface area contributed by atoms with E-state index in [1.807, 2.05) is 0 Å². The zero-order valence-electron chi connectivity index (χ0n) is 16.7. The smallest absolute Gasteiger partial charge is 0.361 e. The van der Waals surface area contributed by atoms with Crippen LogP contribution in [0.4, 0.5) is 13.2 Å². The van der Waals surface area contributed by atoms with Crippen LogP contribution in [0.3, 0.4) is 0 Å². The van der Waals surface area contributed by atoms with E-state index < -0.39 is 12.1 Å². The second-order valence-corrected chi connectivity index (χ2v) is 8.30. The maximum absolute atomic E-state index is 13.5. The van der Waals surface area contributed by atoms with Gasteiger partial charge in [0.2, 0.25) is 0 Å². The van der Waals surface area contributed by atoms with E-state index in [1.165, 1.54) is 6.42 Å². The number of nitriles is 1. The number of hydrogen-bond donors (Lipinski definition) is 0. The predicted octanol–water partition coefficient (Wildman–Crippen LogP) is 5.94. The molecule has 2 aromatic heterocycles. The second kappa shape index (κ2) is 7.47. The molecular weight excluding hydrogens is 379 g/mol. The van der Waals surface area contributed by atoms with Crippen molar-refractivity contribution in [3.8, 4) is 17.2 Å². The van der Waals surface area contributed by atoms with Crippen molar-refractivity contribution in [2.45, 2.75) is 77.3 Å². The number of hydrogen-bond acceptors (Lipinski definition) is 4. The summed E-state index contributed by atoms with van der Waals surface area (Å²) in [7, 11) is 0. The lowest BCUT2D eigenvalue weighted by molar-refractivity contribution is -0.177. The number of nitrogens with zero attached hydrogens (tertiary/aromatic N) is 3. The summed E-state index contributed by atoms with van der Waals surface area (Å²) in [5.41, 5.74) is 4.24. The lowest BCUT2D eigenvalue weighted by atomic mass is 9.77. The van der Waals surface area contributed by atoms with Crippen LogP contribution in [-0.2, 0) is 12.8 Å². The number of aromatic nitrogens is 2. The molecule has 1 atom stereocenters. The van der Waals surface area contributed by atoms with Crippen molar-refractivity contribution in [3.63, 3.8) is 0 Å². The van der Waals surface area contributed by atoms with Gasteiger partial charge < -0.3 is 4.52 Å². The van der Waals surface area contributed by atoms with Gasteiger partial charge in [-0.25, -0.2) is 0 Å². The Labute approximate surface area is 168 Å². The molecule has 0 spiro atoms. The summed E-state index contributed by atoms with van der Waals surface area (Å²) in [6, 6.07) is 2.29. The lowest BCUT2D eigenvalue weighted by Crippen LogP contribution is -2.30. The minimum absolute atomic E-state index is 0.0422. The molecule has 4 nitrogen and oxygen atoms in total. The van der Waals surface area contributed by atoms with Crippen molar-refractivity contribution in [2.24, 2.45) is 5.92 Å². The minimum atomic E-state index is -4.26. The van der Waals surface area contributed by atoms with Crippen LogP contribution in [0.1, 0.15) is 78.4 Å². The summed E-state index contributed by atoms with van der Waals surface area (Å²) in [6.45, 7) is 3.51. The highest BCUT2D eigenvalue weighted by molar-refractivity contribution is 5.79. The average molecular weight is 403 g/mol. The molecule has 2 aliphatic carbocycles. The molecule has 4 rings (SSSR count). The Bertz CT molecular complexity index is 946. The number of aryl methyl sites for hydroxylation is 3. The third-order valence-corrected chi connectivity index (χ3v) is 6.44. The minimum Gasteiger partial charge on any atom is -0.361 e. The summed E-state index contributed by atoms with van der Waals surface area (Å²) in [5, 5.41) is 14.1. The van der Waals surface area contributed by atoms with Gasteiger partial charge in [-0.3, -0.25) is 4.98 Å². The van der Waals surface area contributed by atoms with Crippen LogP contribution in [0.2, 0.25) is 0 Å². The van der Waals surface area contributed by atoms with Crippen LogP contribution in [0.25, 0.3) is 11.1 Å². The number of alkyl halides is 3. The lowest BCUT2D eigenvalue weighted by Gasteiger charge is -2.31. The average Bonchev–Trinajstić information content (AvgIpc) is 3.04. The van der Waals surface area contributed by atoms with E-state index >= 15 is 0 Å². The van der Waals surface area contributed by atoms with Crippen LogP contribution in [0, 0.1) is 31.1 Å². The van der Waals surface area contributed by atoms with Gasteiger partial charge in [0, 0.05) is 22.7 Å². The molecule has 1 fully saturated rings. The highest BCUT2D eigenvalue weighted by Crippen LogP contribution is 2.45. The molecule has 0 amide bonds. The fraction of sp³-hybridized carbons (Fsp3) is 0.591. The van der Waals surface area contributed by atoms with Crippen LogP contribution in [0.15, 0.2) is 4.52 Å². The fourth-order valence-corrected chi connectivity index (χ4v) is 4.96. The molecule has 2 heterocycles. The standard InChI is InChI=1S/C22H24F3N3O/c1-12-19(13(2)29-28-12)20-16-10-15(22(23,24)25)8-9-18(16)27-21(17(20)11-26)14-6-4-3-5-7-14/h14-15H,3-10H2,1-2H3. The predicted molar refractivity (Wildman–Crippen MR) is 101 cm³/mol. The Morgan fingerprint density at radius 2 is 1.79 bits per heavy atom. The van der Waals surface area contributed by atoms with Gasteiger partial charge in [0.1, 0.15) is 11.8 Å². The van der Waals surface area contributed by atoms with Gasteiger partial charge in [-0.15, -0.1) is 0 Å². The summed E-state index contributed by atoms with van der Waals surface area (Å²) in [6.07, 6.45) is 1.19. The normalized spacial score (nSPS) is 20.3. The van der Waals surface area contributed by atoms with E-state index in [0.717, 1.165) is 31.4 Å². The largest absolute Gasteiger partial charge is 0.392 e. The molecule has 2 aliphatic rings. The zero-order valence-corrected chi connectivity index (χ0v) is 16.7. The summed E-state index contributed by atoms with van der Waals surface area (Å²) < 4.78 is 45.8. The van der Waals surface area contributed by atoms with Gasteiger partial charge in [-0.1, -0.05) is 24.4 Å². The van der Waals surface area contributed by atoms with Crippen LogP contribution in [0.5, 0.6) is 0 Å². The Morgan fingerprint density at radius 1 is 1.07 bits per heavy atom. The number of halogens is 3. The fourth-order valence-electron chi connectivity index (χ4n) is 4.96. The van der Waals surface area contributed by atoms with E-state index in [1.54, 1.807) is 13.8 Å². The Kier molecular flexibility index (Phi) is 5.14. The SMILES string of the molecule is Cc1noc(C)c1-c1c(C#N)c(C2CCCCC2)nc2c1CC(C(F)(F)F)CC2. The molecule has 0 aromatic carbocycles. The van der Waals surface area contributed by atoms with E-state index in [9.17, 15) is 18.4 Å². The molecular formula is C22H24F3N3O. The molecule has 29 heavy (non-hydrogen) atoms. The molecule has 0 saturated heterocycles. The monoisotopic (exact) mass is 403 g/mol. The van der Waals surface area contributed by atoms with Crippen molar-refractivity contribution < 1.29 is 17.7 Å². The highest BCUT2D eigenvalue weighted by Gasteiger charge is 2.43. The van der Waals surface area contributed by atoms with Gasteiger partial charge >= 0.3 is 6.18 Å². The topological polar surface area (TPSA) is 62.7 Å². The van der Waals surface area contributed by atoms with Crippen molar-refractivity contribution >= 4 is 0 Å². The van der Waals surface area contributed by atoms with E-state index in [2.05, 4.69) is 11.2 Å². The molecule has 0 bridgehead atoms. The van der Waals surface area contributed by atoms with Crippen LogP contribution >= 0.6 is 0 Å². The number of rotatable bonds is 2. The first-order valence-corrected chi connectivity index (χ1v) is 10.3. The van der Waals surface area contributed by atoms with E-state index in [4.69, 9.17) is 9.51 Å². The maximum Gasteiger partial charge on any atom is 0.392 e. The summed E-state index contributed by atoms with van der Waals surface area (Å²) in [5.74, 6) is -0.706. The van der Waals surface area contributed by atoms with E-state index in [0.29, 0.717) is 39.4 Å². The third-order valence-electron chi connectivity index (χ3n) is 6.44. The highest BCUT2D eigenvalue weighted by atomic mass is 19.4. The third kappa shape index (κ3) is 3.54. The van der Waals surface area contributed by atoms with Crippen molar-refractivity contribution in [3.05, 3.63) is 34.0 Å². The van der Waals surface area contributed by atoms with Crippen molar-refractivity contribution in [2.75, 3.05) is 0 Å². The molecule has 154 valence electrons. The summed E-state index contributed by atoms with van der Waals surface area (Å²) >= 11 is 0. The molecule has 1 unspecified atom stereocenters. The van der Waals surface area contributed by atoms with Gasteiger partial charge in [0.15, 0.2) is 0 Å². The first-order valence-electron chi connectivity index (χ1n) is 10.3. The molecule has 2 aromatic rings. The quantitative estimate of drug-likeness (QED) is 0.622. The zero-order chi connectivity index (χ0) is 20.8. The molecule has 1 saturated carbocycles. The Balaban J connectivity index is 1.96. The van der Waals surface area contributed by atoms with Gasteiger partial charge in [0.25, 0.3) is 0 Å². The Morgan fingerprint density at radius 3 is 2.38 bits per heavy atom. The maximum atomic E-state index is 13.5. The van der Waals surface area contributed by atoms with Crippen LogP contribution in [-0.4, -0.2) is 16.3 Å². The molecule has 0 aliphatic heterocycles. The van der Waals surface area contributed by atoms with Crippen molar-refractivity contribution in [1.82, 2.24) is 10.1 Å². The number of pyridine rings is 1. The van der Waals surface area contributed by atoms with Gasteiger partial charge in [-0.05, 0) is 51.5 Å². The second-order valence-electron chi connectivity index (χ2n) is 8.30. The van der Waals surface area contributed by atoms with E-state index in [-0.39, 0.29) is 25.2 Å². The Hall–Kier alpha value is -2.36. The van der Waals surface area contributed by atoms with Crippen LogP contribution < -0.4 is 0 Å². The van der Waals surface area contributed by atoms with Gasteiger partial charge in [0.05, 0.1) is 22.9 Å². The first kappa shape index (κ1) is 19.9. The molecule has 0 N–H and O–H groups in total. The number of fused-ring (bicyclic) bond motifs is 1.